The summed E-state index contributed by atoms with van der Waals surface area (Å²) in [5.74, 6) is -0.0346. The third-order valence-corrected chi connectivity index (χ3v) is 4.84. The average molecular weight is 327 g/mol. The number of benzene rings is 1. The van der Waals surface area contributed by atoms with Gasteiger partial charge in [0.05, 0.1) is 12.5 Å². The fourth-order valence-electron chi connectivity index (χ4n) is 3.66. The number of carbonyl (C=O) groups excluding carboxylic acids is 2. The van der Waals surface area contributed by atoms with Crippen molar-refractivity contribution in [1.29, 1.82) is 0 Å². The number of likely N-dealkylation sites (N-methyl/N-ethyl adjacent to an activating group) is 1. The van der Waals surface area contributed by atoms with Gasteiger partial charge in [-0.05, 0) is 43.6 Å². The van der Waals surface area contributed by atoms with Gasteiger partial charge in [0.1, 0.15) is 0 Å². The van der Waals surface area contributed by atoms with E-state index < -0.39 is 0 Å². The molecule has 1 N–H and O–H groups in total. The molecule has 24 heavy (non-hydrogen) atoms. The molecule has 2 amide bonds. The van der Waals surface area contributed by atoms with E-state index >= 15 is 0 Å². The van der Waals surface area contributed by atoms with Crippen molar-refractivity contribution >= 4 is 17.9 Å². The van der Waals surface area contributed by atoms with E-state index in [1.54, 1.807) is 18.0 Å². The van der Waals surface area contributed by atoms with Crippen molar-refractivity contribution in [3.63, 3.8) is 0 Å². The molecule has 5 nitrogen and oxygen atoms in total. The van der Waals surface area contributed by atoms with Crippen LogP contribution in [0.1, 0.15) is 43.4 Å². The number of nitrogens with zero attached hydrogens (tertiary/aromatic N) is 2. The molecule has 5 heteroatoms. The Kier molecular flexibility index (Phi) is 5.00. The predicted molar refractivity (Wildman–Crippen MR) is 94.0 cm³/mol. The van der Waals surface area contributed by atoms with Crippen molar-refractivity contribution in [3.05, 3.63) is 41.6 Å². The number of amides is 2. The minimum Gasteiger partial charge on any atom is -0.352 e. The van der Waals surface area contributed by atoms with E-state index in [1.807, 2.05) is 30.3 Å². The van der Waals surface area contributed by atoms with Gasteiger partial charge in [0.2, 0.25) is 11.8 Å². The van der Waals surface area contributed by atoms with E-state index in [4.69, 9.17) is 0 Å². The van der Waals surface area contributed by atoms with Gasteiger partial charge in [-0.25, -0.2) is 0 Å². The molecule has 1 aromatic carbocycles. The molecule has 2 aliphatic heterocycles. The normalized spacial score (nSPS) is 23.7. The Morgan fingerprint density at radius 2 is 2.08 bits per heavy atom. The largest absolute Gasteiger partial charge is 0.352 e. The van der Waals surface area contributed by atoms with Crippen LogP contribution in [0.25, 0.3) is 6.08 Å². The molecule has 0 radical (unpaired) electrons. The number of likely N-dealkylation sites (tertiary alicyclic amines) is 1. The maximum atomic E-state index is 12.6. The van der Waals surface area contributed by atoms with Crippen LogP contribution in [0.2, 0.25) is 0 Å². The highest BCUT2D eigenvalue weighted by atomic mass is 16.2. The molecule has 1 saturated heterocycles. The van der Waals surface area contributed by atoms with Gasteiger partial charge >= 0.3 is 0 Å². The number of hydrogen-bond donors (Lipinski definition) is 1. The molecule has 3 rings (SSSR count). The van der Waals surface area contributed by atoms with Crippen molar-refractivity contribution in [2.45, 2.75) is 38.3 Å². The second-order valence-corrected chi connectivity index (χ2v) is 6.76. The molecule has 1 fully saturated rings. The Morgan fingerprint density at radius 1 is 1.29 bits per heavy atom. The first-order valence-electron chi connectivity index (χ1n) is 8.58. The fraction of sp³-hybridized carbons (Fsp3) is 0.474. The minimum absolute atomic E-state index is 0.0108. The maximum Gasteiger partial charge on any atom is 0.223 e. The lowest BCUT2D eigenvalue weighted by Crippen LogP contribution is -2.47. The van der Waals surface area contributed by atoms with Crippen molar-refractivity contribution in [1.82, 2.24) is 15.1 Å². The van der Waals surface area contributed by atoms with E-state index in [2.05, 4.69) is 17.3 Å². The van der Waals surface area contributed by atoms with Crippen molar-refractivity contribution in [2.75, 3.05) is 20.1 Å². The molecule has 0 aliphatic carbocycles. The first-order chi connectivity index (χ1) is 11.5. The Morgan fingerprint density at radius 3 is 2.83 bits per heavy atom. The second-order valence-electron chi connectivity index (χ2n) is 6.76. The topological polar surface area (TPSA) is 52.7 Å². The van der Waals surface area contributed by atoms with E-state index in [0.717, 1.165) is 37.1 Å². The van der Waals surface area contributed by atoms with E-state index in [9.17, 15) is 9.59 Å². The van der Waals surface area contributed by atoms with Crippen LogP contribution < -0.4 is 5.32 Å². The zero-order valence-corrected chi connectivity index (χ0v) is 14.4. The molecule has 1 aromatic rings. The molecule has 0 bridgehead atoms. The zero-order chi connectivity index (χ0) is 17.1. The summed E-state index contributed by atoms with van der Waals surface area (Å²) in [4.78, 5) is 28.4. The number of carbonyl (C=O) groups is 2. The zero-order valence-electron chi connectivity index (χ0n) is 14.4. The second kappa shape index (κ2) is 7.18. The minimum atomic E-state index is -0.231. The quantitative estimate of drug-likeness (QED) is 0.926. The number of hydrogen-bond acceptors (Lipinski definition) is 3. The molecule has 2 aliphatic rings. The van der Waals surface area contributed by atoms with Gasteiger partial charge in [-0.15, -0.1) is 0 Å². The van der Waals surface area contributed by atoms with Crippen LogP contribution in [0.15, 0.2) is 30.5 Å². The van der Waals surface area contributed by atoms with Crippen LogP contribution in [0, 0.1) is 0 Å². The molecule has 0 spiro atoms. The Labute approximate surface area is 143 Å². The van der Waals surface area contributed by atoms with Crippen molar-refractivity contribution < 1.29 is 9.59 Å². The Hall–Kier alpha value is -2.14. The summed E-state index contributed by atoms with van der Waals surface area (Å²) >= 11 is 0. The molecular formula is C19H25N3O2. The molecule has 0 aromatic heterocycles. The SMILES string of the molecule is CC(=O)N1C=Cc2ccccc2[C@H]1CC(=O)N[C@@H]1CCCN(C)C1. The van der Waals surface area contributed by atoms with Gasteiger partial charge in [-0.3, -0.25) is 9.59 Å². The van der Waals surface area contributed by atoms with Gasteiger partial charge in [0.15, 0.2) is 0 Å². The highest BCUT2D eigenvalue weighted by Gasteiger charge is 2.29. The van der Waals surface area contributed by atoms with Gasteiger partial charge < -0.3 is 15.1 Å². The van der Waals surface area contributed by atoms with E-state index in [1.165, 1.54) is 0 Å². The summed E-state index contributed by atoms with van der Waals surface area (Å²) in [6.45, 7) is 3.52. The molecule has 0 unspecified atom stereocenters. The van der Waals surface area contributed by atoms with Crippen LogP contribution in [0.3, 0.4) is 0 Å². The Balaban J connectivity index is 1.72. The summed E-state index contributed by atoms with van der Waals surface area (Å²) in [5, 5.41) is 3.14. The number of fused-ring (bicyclic) bond motifs is 1. The lowest BCUT2D eigenvalue weighted by Gasteiger charge is -2.34. The standard InChI is InChI=1S/C19H25N3O2/c1-14(23)22-11-9-15-6-3-4-8-17(15)18(22)12-19(24)20-16-7-5-10-21(2)13-16/h3-4,6,8-9,11,16,18H,5,7,10,12-13H2,1-2H3,(H,20,24)/t16-,18-/m1/s1. The maximum absolute atomic E-state index is 12.6. The van der Waals surface area contributed by atoms with E-state index in [0.29, 0.717) is 6.42 Å². The molecule has 128 valence electrons. The summed E-state index contributed by atoms with van der Waals surface area (Å²) in [7, 11) is 2.08. The highest BCUT2D eigenvalue weighted by molar-refractivity contribution is 5.82. The van der Waals surface area contributed by atoms with Gasteiger partial charge in [0.25, 0.3) is 0 Å². The monoisotopic (exact) mass is 327 g/mol. The summed E-state index contributed by atoms with van der Waals surface area (Å²) in [6.07, 6.45) is 6.14. The lowest BCUT2D eigenvalue weighted by molar-refractivity contribution is -0.130. The number of nitrogens with one attached hydrogen (secondary N) is 1. The molecular weight excluding hydrogens is 302 g/mol. The van der Waals surface area contributed by atoms with Crippen LogP contribution in [0.4, 0.5) is 0 Å². The lowest BCUT2D eigenvalue weighted by atomic mass is 9.93. The first-order valence-corrected chi connectivity index (χ1v) is 8.58. The first kappa shape index (κ1) is 16.7. The number of piperidine rings is 1. The Bertz CT molecular complexity index is 656. The highest BCUT2D eigenvalue weighted by Crippen LogP contribution is 2.32. The van der Waals surface area contributed by atoms with Crippen molar-refractivity contribution in [3.8, 4) is 0 Å². The van der Waals surface area contributed by atoms with Crippen LogP contribution in [-0.2, 0) is 9.59 Å². The average Bonchev–Trinajstić information content (AvgIpc) is 2.54. The predicted octanol–water partition coefficient (Wildman–Crippen LogP) is 2.16. The van der Waals surface area contributed by atoms with Crippen LogP contribution in [0.5, 0.6) is 0 Å². The van der Waals surface area contributed by atoms with Crippen LogP contribution in [-0.4, -0.2) is 47.8 Å². The van der Waals surface area contributed by atoms with Crippen molar-refractivity contribution in [2.24, 2.45) is 0 Å². The summed E-state index contributed by atoms with van der Waals surface area (Å²) in [5.41, 5.74) is 2.11. The van der Waals surface area contributed by atoms with E-state index in [-0.39, 0.29) is 23.9 Å². The van der Waals surface area contributed by atoms with Gasteiger partial charge in [0, 0.05) is 25.7 Å². The smallest absolute Gasteiger partial charge is 0.223 e. The summed E-state index contributed by atoms with van der Waals surface area (Å²) < 4.78 is 0. The number of rotatable bonds is 3. The molecule has 2 atom stereocenters. The fourth-order valence-corrected chi connectivity index (χ4v) is 3.66. The molecule has 2 heterocycles. The summed E-state index contributed by atoms with van der Waals surface area (Å²) in [6, 6.07) is 7.92. The van der Waals surface area contributed by atoms with Gasteiger partial charge in [-0.2, -0.15) is 0 Å². The third kappa shape index (κ3) is 3.67. The van der Waals surface area contributed by atoms with Crippen LogP contribution >= 0.6 is 0 Å². The third-order valence-electron chi connectivity index (χ3n) is 4.84. The molecule has 0 saturated carbocycles. The van der Waals surface area contributed by atoms with Gasteiger partial charge in [-0.1, -0.05) is 24.3 Å².